The molecule has 0 saturated carbocycles. The van der Waals surface area contributed by atoms with Crippen molar-refractivity contribution in [3.63, 3.8) is 0 Å². The highest BCUT2D eigenvalue weighted by atomic mass is 16.2. The maximum atomic E-state index is 13.2. The van der Waals surface area contributed by atoms with E-state index in [-0.39, 0.29) is 29.8 Å². The van der Waals surface area contributed by atoms with E-state index in [4.69, 9.17) is 0 Å². The van der Waals surface area contributed by atoms with Crippen molar-refractivity contribution in [3.05, 3.63) is 0 Å². The van der Waals surface area contributed by atoms with Gasteiger partial charge in [0, 0.05) is 44.2 Å². The molecule has 4 amide bonds. The van der Waals surface area contributed by atoms with Crippen molar-refractivity contribution in [1.82, 2.24) is 20.0 Å². The second-order valence-corrected chi connectivity index (χ2v) is 8.89. The Hall–Kier alpha value is -1.63. The first kappa shape index (κ1) is 21.1. The van der Waals surface area contributed by atoms with E-state index in [1.54, 1.807) is 0 Å². The lowest BCUT2D eigenvalue weighted by Gasteiger charge is -2.40. The monoisotopic (exact) mass is 392 g/mol. The van der Waals surface area contributed by atoms with E-state index >= 15 is 0 Å². The van der Waals surface area contributed by atoms with Gasteiger partial charge in [-0.25, -0.2) is 4.79 Å². The third-order valence-electron chi connectivity index (χ3n) is 7.05. The van der Waals surface area contributed by atoms with Crippen LogP contribution in [0.4, 0.5) is 4.79 Å². The largest absolute Gasteiger partial charge is 0.342 e. The van der Waals surface area contributed by atoms with Crippen molar-refractivity contribution in [2.45, 2.75) is 83.8 Å². The van der Waals surface area contributed by atoms with E-state index in [1.165, 1.54) is 4.90 Å². The molecule has 3 rings (SSSR count). The second-order valence-electron chi connectivity index (χ2n) is 8.89. The summed E-state index contributed by atoms with van der Waals surface area (Å²) < 4.78 is 0. The fraction of sp³-hybridized carbons (Fsp3) is 0.857. The summed E-state index contributed by atoms with van der Waals surface area (Å²) in [5.41, 5.74) is -0.717. The fourth-order valence-electron chi connectivity index (χ4n) is 4.97. The summed E-state index contributed by atoms with van der Waals surface area (Å²) in [6.45, 7) is 11.4. The third-order valence-corrected chi connectivity index (χ3v) is 7.05. The minimum atomic E-state index is -0.717. The van der Waals surface area contributed by atoms with Gasteiger partial charge >= 0.3 is 6.03 Å². The number of urea groups is 1. The number of rotatable bonds is 5. The normalized spacial score (nSPS) is 23.9. The lowest BCUT2D eigenvalue weighted by atomic mass is 9.86. The number of imide groups is 1. The van der Waals surface area contributed by atoms with Crippen LogP contribution in [0.15, 0.2) is 0 Å². The number of likely N-dealkylation sites (tertiary alicyclic amines) is 2. The van der Waals surface area contributed by atoms with Gasteiger partial charge in [-0.1, -0.05) is 13.8 Å². The van der Waals surface area contributed by atoms with Crippen LogP contribution in [0.5, 0.6) is 0 Å². The van der Waals surface area contributed by atoms with E-state index < -0.39 is 5.54 Å². The van der Waals surface area contributed by atoms with Crippen molar-refractivity contribution >= 4 is 17.8 Å². The molecular weight excluding hydrogens is 356 g/mol. The lowest BCUT2D eigenvalue weighted by molar-refractivity contribution is -0.138. The standard InChI is InChI=1S/C21H36N4O3/c1-5-16(6-2)18(26)24-11-7-17(8-12-24)25-19(27)21(22-20(25)28)9-13-23(14-10-21)15(3)4/h15-17H,5-14H2,1-4H3,(H,22,28). The Labute approximate surface area is 168 Å². The first-order chi connectivity index (χ1) is 13.3. The summed E-state index contributed by atoms with van der Waals surface area (Å²) in [6.07, 6.45) is 4.44. The highest BCUT2D eigenvalue weighted by Crippen LogP contribution is 2.33. The number of nitrogens with zero attached hydrogens (tertiary/aromatic N) is 3. The molecule has 0 bridgehead atoms. The number of hydrogen-bond donors (Lipinski definition) is 1. The average molecular weight is 393 g/mol. The Bertz CT molecular complexity index is 601. The van der Waals surface area contributed by atoms with E-state index in [0.29, 0.717) is 44.8 Å². The van der Waals surface area contributed by atoms with Gasteiger partial charge in [0.25, 0.3) is 5.91 Å². The molecule has 1 spiro atoms. The molecular formula is C21H36N4O3. The Morgan fingerprint density at radius 1 is 1.07 bits per heavy atom. The predicted octanol–water partition coefficient (Wildman–Crippen LogP) is 2.21. The highest BCUT2D eigenvalue weighted by Gasteiger charge is 2.54. The van der Waals surface area contributed by atoms with E-state index in [0.717, 1.165) is 25.9 Å². The third kappa shape index (κ3) is 3.78. The van der Waals surface area contributed by atoms with Gasteiger partial charge in [0.2, 0.25) is 5.91 Å². The fourth-order valence-corrected chi connectivity index (χ4v) is 4.97. The van der Waals surface area contributed by atoms with Crippen LogP contribution < -0.4 is 5.32 Å². The quantitative estimate of drug-likeness (QED) is 0.728. The maximum absolute atomic E-state index is 13.2. The average Bonchev–Trinajstić information content (AvgIpc) is 2.92. The zero-order valence-electron chi connectivity index (χ0n) is 17.9. The number of nitrogens with one attached hydrogen (secondary N) is 1. The number of carbonyl (C=O) groups excluding carboxylic acids is 3. The summed E-state index contributed by atoms with van der Waals surface area (Å²) >= 11 is 0. The molecule has 3 aliphatic rings. The van der Waals surface area contributed by atoms with Crippen molar-refractivity contribution < 1.29 is 14.4 Å². The molecule has 7 nitrogen and oxygen atoms in total. The van der Waals surface area contributed by atoms with Gasteiger partial charge in [-0.15, -0.1) is 0 Å². The van der Waals surface area contributed by atoms with E-state index in [1.807, 2.05) is 4.90 Å². The zero-order valence-corrected chi connectivity index (χ0v) is 17.9. The van der Waals surface area contributed by atoms with E-state index in [2.05, 4.69) is 37.9 Å². The smallest absolute Gasteiger partial charge is 0.325 e. The summed E-state index contributed by atoms with van der Waals surface area (Å²) in [5, 5.41) is 3.03. The zero-order chi connectivity index (χ0) is 20.5. The topological polar surface area (TPSA) is 73.0 Å². The molecule has 158 valence electrons. The Morgan fingerprint density at radius 3 is 2.14 bits per heavy atom. The molecule has 7 heteroatoms. The van der Waals surface area contributed by atoms with Gasteiger partial charge in [-0.05, 0) is 52.4 Å². The number of carbonyl (C=O) groups is 3. The van der Waals surface area contributed by atoms with Crippen molar-refractivity contribution in [3.8, 4) is 0 Å². The minimum Gasteiger partial charge on any atom is -0.342 e. The molecule has 0 aromatic carbocycles. The highest BCUT2D eigenvalue weighted by molar-refractivity contribution is 6.07. The van der Waals surface area contributed by atoms with Crippen LogP contribution in [0, 0.1) is 5.92 Å². The van der Waals surface area contributed by atoms with Gasteiger partial charge in [-0.2, -0.15) is 0 Å². The van der Waals surface area contributed by atoms with Crippen molar-refractivity contribution in [1.29, 1.82) is 0 Å². The van der Waals surface area contributed by atoms with Crippen LogP contribution in [0.3, 0.4) is 0 Å². The first-order valence-electron chi connectivity index (χ1n) is 11.0. The molecule has 3 fully saturated rings. The Kier molecular flexibility index (Phi) is 6.32. The van der Waals surface area contributed by atoms with Crippen LogP contribution in [-0.2, 0) is 9.59 Å². The molecule has 3 heterocycles. The Balaban J connectivity index is 1.61. The molecule has 0 aliphatic carbocycles. The van der Waals surface area contributed by atoms with Crippen LogP contribution in [0.1, 0.15) is 66.2 Å². The van der Waals surface area contributed by atoms with Crippen LogP contribution in [0.2, 0.25) is 0 Å². The summed E-state index contributed by atoms with van der Waals surface area (Å²) in [4.78, 5) is 44.3. The van der Waals surface area contributed by atoms with Gasteiger partial charge in [0.15, 0.2) is 0 Å². The van der Waals surface area contributed by atoms with Gasteiger partial charge < -0.3 is 15.1 Å². The number of amides is 4. The lowest BCUT2D eigenvalue weighted by Crippen LogP contribution is -2.56. The summed E-state index contributed by atoms with van der Waals surface area (Å²) in [7, 11) is 0. The SMILES string of the molecule is CCC(CC)C(=O)N1CCC(N2C(=O)NC3(CCN(C(C)C)CC3)C2=O)CC1. The van der Waals surface area contributed by atoms with Crippen molar-refractivity contribution in [2.24, 2.45) is 5.92 Å². The minimum absolute atomic E-state index is 0.0503. The molecule has 3 saturated heterocycles. The molecule has 0 radical (unpaired) electrons. The Morgan fingerprint density at radius 2 is 1.64 bits per heavy atom. The number of hydrogen-bond acceptors (Lipinski definition) is 4. The predicted molar refractivity (Wildman–Crippen MR) is 108 cm³/mol. The van der Waals surface area contributed by atoms with Gasteiger partial charge in [0.05, 0.1) is 0 Å². The van der Waals surface area contributed by atoms with Gasteiger partial charge in [0.1, 0.15) is 5.54 Å². The molecule has 3 aliphatic heterocycles. The molecule has 0 atom stereocenters. The summed E-state index contributed by atoms with van der Waals surface area (Å²) in [5.74, 6) is 0.256. The van der Waals surface area contributed by atoms with Crippen molar-refractivity contribution in [2.75, 3.05) is 26.2 Å². The maximum Gasteiger partial charge on any atom is 0.325 e. The molecule has 28 heavy (non-hydrogen) atoms. The molecule has 0 aromatic heterocycles. The molecule has 1 N–H and O–H groups in total. The van der Waals surface area contributed by atoms with Crippen LogP contribution in [0.25, 0.3) is 0 Å². The van der Waals surface area contributed by atoms with Crippen LogP contribution >= 0.6 is 0 Å². The van der Waals surface area contributed by atoms with E-state index in [9.17, 15) is 14.4 Å². The van der Waals surface area contributed by atoms with Gasteiger partial charge in [-0.3, -0.25) is 14.5 Å². The second kappa shape index (κ2) is 8.39. The molecule has 0 unspecified atom stereocenters. The molecule has 0 aromatic rings. The van der Waals surface area contributed by atoms with Crippen LogP contribution in [-0.4, -0.2) is 76.3 Å². The first-order valence-corrected chi connectivity index (χ1v) is 11.0. The number of piperidine rings is 2. The summed E-state index contributed by atoms with van der Waals surface area (Å²) in [6, 6.07) is 0.117.